The van der Waals surface area contributed by atoms with E-state index in [1.54, 1.807) is 0 Å². The third-order valence-electron chi connectivity index (χ3n) is 3.09. The molecule has 0 unspecified atom stereocenters. The van der Waals surface area contributed by atoms with Crippen molar-refractivity contribution in [1.82, 2.24) is 0 Å². The minimum absolute atomic E-state index is 1.12. The van der Waals surface area contributed by atoms with Crippen LogP contribution in [0.4, 0.5) is 0 Å². The van der Waals surface area contributed by atoms with E-state index >= 15 is 0 Å². The summed E-state index contributed by atoms with van der Waals surface area (Å²) in [6.45, 7) is 11.3. The molecule has 0 saturated heterocycles. The first-order valence-corrected chi connectivity index (χ1v) is 9.50. The van der Waals surface area contributed by atoms with Crippen LogP contribution in [0.15, 0.2) is 60.3 Å². The minimum atomic E-state index is -1.20. The highest BCUT2D eigenvalue weighted by Gasteiger charge is 2.23. The van der Waals surface area contributed by atoms with E-state index < -0.39 is 8.07 Å². The summed E-state index contributed by atoms with van der Waals surface area (Å²) in [6.07, 6.45) is 6.76. The van der Waals surface area contributed by atoms with Gasteiger partial charge in [-0.1, -0.05) is 80.0 Å². The molecule has 17 heavy (non-hydrogen) atoms. The van der Waals surface area contributed by atoms with E-state index in [0.717, 1.165) is 5.57 Å². The Morgan fingerprint density at radius 2 is 1.65 bits per heavy atom. The summed E-state index contributed by atoms with van der Waals surface area (Å²) in [5, 5.41) is 1.50. The molecule has 0 nitrogen and oxygen atoms in total. The van der Waals surface area contributed by atoms with E-state index in [-0.39, 0.29) is 0 Å². The molecule has 0 aromatic heterocycles. The summed E-state index contributed by atoms with van der Waals surface area (Å²) < 4.78 is 0. The molecule has 2 rings (SSSR count). The van der Waals surface area contributed by atoms with Crippen molar-refractivity contribution in [1.29, 1.82) is 0 Å². The van der Waals surface area contributed by atoms with E-state index in [9.17, 15) is 0 Å². The molecule has 1 aromatic carbocycles. The summed E-state index contributed by atoms with van der Waals surface area (Å²) in [4.78, 5) is 0. The highest BCUT2D eigenvalue weighted by molar-refractivity contribution is 6.83. The van der Waals surface area contributed by atoms with Gasteiger partial charge in [0.05, 0.1) is 8.07 Å². The second-order valence-corrected chi connectivity index (χ2v) is 10.6. The first-order chi connectivity index (χ1) is 7.98. The van der Waals surface area contributed by atoms with Gasteiger partial charge < -0.3 is 0 Å². The lowest BCUT2D eigenvalue weighted by molar-refractivity contribution is 1.49. The maximum atomic E-state index is 4.21. The van der Waals surface area contributed by atoms with Gasteiger partial charge in [0.15, 0.2) is 0 Å². The predicted molar refractivity (Wildman–Crippen MR) is 79.3 cm³/mol. The molecular weight excluding hydrogens is 220 g/mol. The van der Waals surface area contributed by atoms with Gasteiger partial charge in [0.2, 0.25) is 0 Å². The van der Waals surface area contributed by atoms with Crippen LogP contribution in [0.2, 0.25) is 19.6 Å². The number of hydrogen-bond donors (Lipinski definition) is 0. The Bertz CT molecular complexity index is 472. The molecule has 1 aliphatic carbocycles. The largest absolute Gasteiger partial charge is 0.0940 e. The second-order valence-electron chi connectivity index (χ2n) is 5.48. The molecule has 0 saturated carbocycles. The molecular formula is C16H19Si. The van der Waals surface area contributed by atoms with Crippen molar-refractivity contribution >= 4 is 13.6 Å². The number of allylic oxidation sites excluding steroid dienone is 5. The Labute approximate surface area is 105 Å². The van der Waals surface area contributed by atoms with Gasteiger partial charge in [-0.3, -0.25) is 0 Å². The van der Waals surface area contributed by atoms with Crippen molar-refractivity contribution < 1.29 is 0 Å². The average molecular weight is 239 g/mol. The molecule has 1 heteroatoms. The number of hydrogen-bond acceptors (Lipinski definition) is 0. The van der Waals surface area contributed by atoms with Crippen molar-refractivity contribution in [2.75, 3.05) is 0 Å². The molecule has 0 aliphatic heterocycles. The highest BCUT2D eigenvalue weighted by atomic mass is 28.3. The minimum Gasteiger partial charge on any atom is -0.0940 e. The zero-order chi connectivity index (χ0) is 12.5. The fourth-order valence-electron chi connectivity index (χ4n) is 1.90. The summed E-state index contributed by atoms with van der Waals surface area (Å²) in [5.41, 5.74) is 2.33. The topological polar surface area (TPSA) is 0 Å². The van der Waals surface area contributed by atoms with E-state index in [0.29, 0.717) is 0 Å². The van der Waals surface area contributed by atoms with E-state index in [1.807, 2.05) is 6.07 Å². The number of benzene rings is 1. The fraction of sp³-hybridized carbons (Fsp3) is 0.188. The van der Waals surface area contributed by atoms with Crippen molar-refractivity contribution in [3.63, 3.8) is 0 Å². The van der Waals surface area contributed by atoms with Crippen LogP contribution in [0, 0.1) is 5.92 Å². The summed E-state index contributed by atoms with van der Waals surface area (Å²) in [5.74, 6) is 1.26. The normalized spacial score (nSPS) is 16.1. The van der Waals surface area contributed by atoms with E-state index in [2.05, 4.69) is 68.7 Å². The Hall–Kier alpha value is -1.34. The zero-order valence-corrected chi connectivity index (χ0v) is 11.8. The van der Waals surface area contributed by atoms with Crippen molar-refractivity contribution in [3.05, 3.63) is 71.8 Å². The third kappa shape index (κ3) is 2.67. The molecule has 0 fully saturated rings. The smallest absolute Gasteiger partial charge is 0.0772 e. The quantitative estimate of drug-likeness (QED) is 0.674. The van der Waals surface area contributed by atoms with Crippen molar-refractivity contribution in [2.24, 2.45) is 0 Å². The first-order valence-electron chi connectivity index (χ1n) is 6.00. The monoisotopic (exact) mass is 239 g/mol. The van der Waals surface area contributed by atoms with Gasteiger partial charge in [0.25, 0.3) is 0 Å². The highest BCUT2D eigenvalue weighted by Crippen LogP contribution is 2.33. The van der Waals surface area contributed by atoms with Gasteiger partial charge >= 0.3 is 0 Å². The van der Waals surface area contributed by atoms with Crippen LogP contribution in [0.5, 0.6) is 0 Å². The summed E-state index contributed by atoms with van der Waals surface area (Å²) >= 11 is 0. The van der Waals surface area contributed by atoms with Crippen LogP contribution in [0.1, 0.15) is 5.56 Å². The van der Waals surface area contributed by atoms with Gasteiger partial charge in [-0.15, -0.1) is 0 Å². The molecule has 0 N–H and O–H groups in total. The summed E-state index contributed by atoms with van der Waals surface area (Å²) in [6, 6.07) is 10.4. The molecule has 0 heterocycles. The molecule has 1 aliphatic rings. The number of rotatable bonds is 3. The predicted octanol–water partition coefficient (Wildman–Crippen LogP) is 4.65. The average Bonchev–Trinajstić information content (AvgIpc) is 2.78. The first kappa shape index (κ1) is 12.1. The second kappa shape index (κ2) is 4.50. The van der Waals surface area contributed by atoms with Gasteiger partial charge in [-0.25, -0.2) is 0 Å². The van der Waals surface area contributed by atoms with Crippen LogP contribution in [-0.4, -0.2) is 8.07 Å². The van der Waals surface area contributed by atoms with Crippen molar-refractivity contribution in [2.45, 2.75) is 19.6 Å². The van der Waals surface area contributed by atoms with Crippen LogP contribution in [-0.2, 0) is 0 Å². The van der Waals surface area contributed by atoms with Crippen molar-refractivity contribution in [3.8, 4) is 0 Å². The van der Waals surface area contributed by atoms with Crippen LogP contribution < -0.4 is 0 Å². The molecule has 1 radical (unpaired) electrons. The van der Waals surface area contributed by atoms with Gasteiger partial charge in [-0.2, -0.15) is 0 Å². The van der Waals surface area contributed by atoms with Gasteiger partial charge in [0, 0.05) is 5.92 Å². The fourth-order valence-corrected chi connectivity index (χ4v) is 3.08. The van der Waals surface area contributed by atoms with E-state index in [1.165, 1.54) is 16.7 Å². The Balaban J connectivity index is 2.20. The Morgan fingerprint density at radius 3 is 2.18 bits per heavy atom. The van der Waals surface area contributed by atoms with Crippen LogP contribution >= 0.6 is 0 Å². The van der Waals surface area contributed by atoms with Crippen LogP contribution in [0.25, 0.3) is 5.57 Å². The maximum Gasteiger partial charge on any atom is 0.0772 e. The lowest BCUT2D eigenvalue weighted by Gasteiger charge is -2.16. The molecule has 0 spiro atoms. The lowest BCUT2D eigenvalue weighted by Crippen LogP contribution is -2.21. The summed E-state index contributed by atoms with van der Waals surface area (Å²) in [7, 11) is -1.20. The van der Waals surface area contributed by atoms with Crippen LogP contribution in [0.3, 0.4) is 0 Å². The lowest BCUT2D eigenvalue weighted by atomic mass is 9.95. The Morgan fingerprint density at radius 1 is 1.00 bits per heavy atom. The third-order valence-corrected chi connectivity index (χ3v) is 5.13. The standard InChI is InChI=1S/C16H19Si/c1-13(14-8-6-5-7-9-14)15-10-11-16(12-15)17(2,3)4/h5-12H,1H2,2-4H3. The molecule has 1 aromatic rings. The molecule has 0 bridgehead atoms. The van der Waals surface area contributed by atoms with Gasteiger partial charge in [0.1, 0.15) is 0 Å². The van der Waals surface area contributed by atoms with Gasteiger partial charge in [-0.05, 0) is 11.1 Å². The SMILES string of the molecule is C=C([C]1C=CC([Si](C)(C)C)=C1)c1ccccc1. The molecule has 87 valence electrons. The molecule has 0 atom stereocenters. The maximum absolute atomic E-state index is 4.21. The van der Waals surface area contributed by atoms with E-state index in [4.69, 9.17) is 0 Å². The molecule has 0 amide bonds. The Kier molecular flexibility index (Phi) is 3.21. The zero-order valence-electron chi connectivity index (χ0n) is 10.8.